The maximum Gasteiger partial charge on any atom is 0.326 e. The molecule has 0 fully saturated rings. The molecule has 0 aliphatic heterocycles. The number of amides is 1. The number of carbonyl (C=O) groups is 3. The zero-order valence-electron chi connectivity index (χ0n) is 20.1. The lowest BCUT2D eigenvalue weighted by molar-refractivity contribution is -0.140. The Hall–Kier alpha value is -4.52. The van der Waals surface area contributed by atoms with Crippen LogP contribution in [0.4, 0.5) is 5.69 Å². The van der Waals surface area contributed by atoms with Crippen molar-refractivity contribution in [2.75, 3.05) is 4.72 Å². The second-order valence-electron chi connectivity index (χ2n) is 8.77. The Morgan fingerprint density at radius 2 is 1.79 bits per heavy atom. The molecule has 13 heteroatoms. The second kappa shape index (κ2) is 10.5. The minimum atomic E-state index is -4.07. The van der Waals surface area contributed by atoms with Crippen molar-refractivity contribution in [1.82, 2.24) is 15.3 Å². The first kappa shape index (κ1) is 26.5. The van der Waals surface area contributed by atoms with E-state index in [-0.39, 0.29) is 28.1 Å². The Kier molecular flexibility index (Phi) is 7.30. The van der Waals surface area contributed by atoms with Crippen molar-refractivity contribution in [1.29, 1.82) is 0 Å². The van der Waals surface area contributed by atoms with E-state index in [1.807, 2.05) is 0 Å². The van der Waals surface area contributed by atoms with Gasteiger partial charge in [-0.25, -0.2) is 18.2 Å². The molecule has 1 aliphatic carbocycles. The number of fused-ring (bicyclic) bond motifs is 3. The number of aryl methyl sites for hydroxylation is 3. The lowest BCUT2D eigenvalue weighted by atomic mass is 9.89. The van der Waals surface area contributed by atoms with E-state index in [1.54, 1.807) is 13.0 Å². The fraction of sp³-hybridized carbons (Fsp3) is 0.240. The summed E-state index contributed by atoms with van der Waals surface area (Å²) in [5, 5.41) is 20.2. The molecule has 1 heterocycles. The van der Waals surface area contributed by atoms with Crippen molar-refractivity contribution in [3.8, 4) is 11.1 Å². The highest BCUT2D eigenvalue weighted by atomic mass is 32.2. The lowest BCUT2D eigenvalue weighted by Gasteiger charge is -2.19. The number of carboxylic acids is 2. The van der Waals surface area contributed by atoms with Crippen LogP contribution < -0.4 is 15.6 Å². The summed E-state index contributed by atoms with van der Waals surface area (Å²) in [7, 11) is -4.07. The first-order valence-corrected chi connectivity index (χ1v) is 13.0. The number of aromatic amines is 1. The number of carboxylic acid groups (broad SMARTS) is 2. The largest absolute Gasteiger partial charge is 0.481 e. The van der Waals surface area contributed by atoms with Crippen LogP contribution in [0.2, 0.25) is 0 Å². The molecule has 3 aromatic rings. The van der Waals surface area contributed by atoms with Gasteiger partial charge in [-0.2, -0.15) is 0 Å². The van der Waals surface area contributed by atoms with E-state index < -0.39 is 40.3 Å². The number of H-pyrrole nitrogens is 1. The van der Waals surface area contributed by atoms with E-state index in [9.17, 15) is 32.7 Å². The summed E-state index contributed by atoms with van der Waals surface area (Å²) in [4.78, 5) is 54.0. The first-order chi connectivity index (χ1) is 17.9. The zero-order chi connectivity index (χ0) is 27.6. The molecule has 0 saturated heterocycles. The highest BCUT2D eigenvalue weighted by molar-refractivity contribution is 7.92. The van der Waals surface area contributed by atoms with Crippen LogP contribution in [0.1, 0.15) is 40.3 Å². The van der Waals surface area contributed by atoms with Gasteiger partial charge in [0.1, 0.15) is 11.9 Å². The molecule has 1 aliphatic rings. The molecular weight excluding hydrogens is 516 g/mol. The third kappa shape index (κ3) is 5.72. The third-order valence-electron chi connectivity index (χ3n) is 6.05. The van der Waals surface area contributed by atoms with Gasteiger partial charge in [0.05, 0.1) is 16.2 Å². The van der Waals surface area contributed by atoms with Crippen molar-refractivity contribution in [2.24, 2.45) is 0 Å². The van der Waals surface area contributed by atoms with Crippen LogP contribution >= 0.6 is 0 Å². The van der Waals surface area contributed by atoms with E-state index in [0.717, 1.165) is 5.56 Å². The number of sulfonamides is 1. The van der Waals surface area contributed by atoms with Gasteiger partial charge in [0.2, 0.25) is 0 Å². The minimum absolute atomic E-state index is 0.0573. The summed E-state index contributed by atoms with van der Waals surface area (Å²) in [6.07, 6.45) is 0.469. The Morgan fingerprint density at radius 3 is 2.45 bits per heavy atom. The van der Waals surface area contributed by atoms with Gasteiger partial charge in [-0.1, -0.05) is 6.07 Å². The Morgan fingerprint density at radius 1 is 1.08 bits per heavy atom. The number of hydrogen-bond donors (Lipinski definition) is 5. The fourth-order valence-corrected chi connectivity index (χ4v) is 5.28. The number of anilines is 1. The van der Waals surface area contributed by atoms with Crippen molar-refractivity contribution < 1.29 is 33.0 Å². The van der Waals surface area contributed by atoms with Crippen molar-refractivity contribution >= 4 is 33.6 Å². The second-order valence-corrected chi connectivity index (χ2v) is 10.5. The van der Waals surface area contributed by atoms with E-state index in [4.69, 9.17) is 5.11 Å². The summed E-state index contributed by atoms with van der Waals surface area (Å²) >= 11 is 0. The van der Waals surface area contributed by atoms with Crippen LogP contribution in [-0.4, -0.2) is 52.5 Å². The molecule has 38 heavy (non-hydrogen) atoms. The molecule has 1 atom stereocenters. The Labute approximate surface area is 216 Å². The molecule has 0 radical (unpaired) electrons. The van der Waals surface area contributed by atoms with Gasteiger partial charge in [0.15, 0.2) is 0 Å². The number of nitrogens with zero attached hydrogens (tertiary/aromatic N) is 1. The SMILES string of the molecule is Cc1nc2c(c(=O)[nH]1)-c1cc(S(=O)(=O)Nc3ccc(C(=O)N[C@@H](CCC(=O)O)C(=O)O)cc3)ccc1CC2. The fourth-order valence-electron chi connectivity index (χ4n) is 4.20. The van der Waals surface area contributed by atoms with Crippen LogP contribution in [0.25, 0.3) is 11.1 Å². The molecule has 5 N–H and O–H groups in total. The molecule has 12 nitrogen and oxygen atoms in total. The van der Waals surface area contributed by atoms with Crippen LogP contribution in [0.5, 0.6) is 0 Å². The molecule has 4 rings (SSSR count). The summed E-state index contributed by atoms with van der Waals surface area (Å²) < 4.78 is 28.6. The number of aliphatic carboxylic acids is 2. The standard InChI is InChI=1S/C25H24N4O8S/c1-13-26-19-9-5-14-4-8-17(12-18(14)22(19)24(33)27-13)38(36,37)29-16-6-2-15(3-7-16)23(32)28-20(25(34)35)10-11-21(30)31/h2-4,6-8,12,20,29H,5,9-11H2,1H3,(H,28,32)(H,30,31)(H,34,35)(H,26,27,33)/t20-/m0/s1. The van der Waals surface area contributed by atoms with Gasteiger partial charge in [-0.15, -0.1) is 0 Å². The average Bonchev–Trinajstić information content (AvgIpc) is 2.85. The zero-order valence-corrected chi connectivity index (χ0v) is 21.0. The molecule has 198 valence electrons. The molecule has 0 spiro atoms. The van der Waals surface area contributed by atoms with E-state index in [1.165, 1.54) is 36.4 Å². The van der Waals surface area contributed by atoms with E-state index >= 15 is 0 Å². The minimum Gasteiger partial charge on any atom is -0.481 e. The quantitative estimate of drug-likeness (QED) is 0.268. The van der Waals surface area contributed by atoms with Crippen molar-refractivity contribution in [2.45, 2.75) is 43.5 Å². The van der Waals surface area contributed by atoms with Gasteiger partial charge in [-0.05, 0) is 73.7 Å². The Balaban J connectivity index is 1.52. The van der Waals surface area contributed by atoms with Crippen LogP contribution in [0.15, 0.2) is 52.2 Å². The predicted molar refractivity (Wildman–Crippen MR) is 135 cm³/mol. The highest BCUT2D eigenvalue weighted by Crippen LogP contribution is 2.32. The maximum absolute atomic E-state index is 13.1. The van der Waals surface area contributed by atoms with E-state index in [0.29, 0.717) is 35.5 Å². The van der Waals surface area contributed by atoms with Crippen molar-refractivity contribution in [3.05, 3.63) is 75.5 Å². The summed E-state index contributed by atoms with van der Waals surface area (Å²) in [5.41, 5.74) is 2.18. The lowest BCUT2D eigenvalue weighted by Crippen LogP contribution is -2.41. The monoisotopic (exact) mass is 540 g/mol. The molecule has 0 unspecified atom stereocenters. The van der Waals surface area contributed by atoms with Crippen LogP contribution in [-0.2, 0) is 32.5 Å². The third-order valence-corrected chi connectivity index (χ3v) is 7.43. The molecule has 0 saturated carbocycles. The molecule has 2 aromatic carbocycles. The van der Waals surface area contributed by atoms with Gasteiger partial charge in [0.25, 0.3) is 21.5 Å². The normalized spacial score (nSPS) is 13.1. The van der Waals surface area contributed by atoms with Crippen LogP contribution in [0.3, 0.4) is 0 Å². The molecule has 1 amide bonds. The molecule has 0 bridgehead atoms. The number of rotatable bonds is 9. The van der Waals surface area contributed by atoms with E-state index in [2.05, 4.69) is 20.0 Å². The topological polar surface area (TPSA) is 196 Å². The number of hydrogen-bond acceptors (Lipinski definition) is 7. The summed E-state index contributed by atoms with van der Waals surface area (Å²) in [6, 6.07) is 8.45. The predicted octanol–water partition coefficient (Wildman–Crippen LogP) is 1.69. The highest BCUT2D eigenvalue weighted by Gasteiger charge is 2.25. The summed E-state index contributed by atoms with van der Waals surface area (Å²) in [6.45, 7) is 1.68. The number of carbonyl (C=O) groups excluding carboxylic acids is 1. The van der Waals surface area contributed by atoms with Gasteiger partial charge < -0.3 is 20.5 Å². The number of benzene rings is 2. The maximum atomic E-state index is 13.1. The first-order valence-electron chi connectivity index (χ1n) is 11.6. The summed E-state index contributed by atoms with van der Waals surface area (Å²) in [5.74, 6) is -2.83. The Bertz CT molecular complexity index is 1600. The van der Waals surface area contributed by atoms with Gasteiger partial charge >= 0.3 is 11.9 Å². The molecular formula is C25H24N4O8S. The smallest absolute Gasteiger partial charge is 0.326 e. The van der Waals surface area contributed by atoms with Gasteiger partial charge in [-0.3, -0.25) is 19.1 Å². The molecule has 1 aromatic heterocycles. The average molecular weight is 541 g/mol. The van der Waals surface area contributed by atoms with Crippen molar-refractivity contribution in [3.63, 3.8) is 0 Å². The van der Waals surface area contributed by atoms with Gasteiger partial charge in [0, 0.05) is 17.7 Å². The van der Waals surface area contributed by atoms with Crippen LogP contribution in [0, 0.1) is 6.92 Å². The number of nitrogens with one attached hydrogen (secondary N) is 3. The number of aromatic nitrogens is 2.